The van der Waals surface area contributed by atoms with Crippen LogP contribution in [0.1, 0.15) is 11.3 Å². The van der Waals surface area contributed by atoms with E-state index >= 15 is 0 Å². The molecule has 3 aromatic rings. The first-order valence-electron chi connectivity index (χ1n) is 8.21. The summed E-state index contributed by atoms with van der Waals surface area (Å²) in [4.78, 5) is 20.8. The van der Waals surface area contributed by atoms with Gasteiger partial charge in [-0.3, -0.25) is 4.79 Å². The lowest BCUT2D eigenvalue weighted by Crippen LogP contribution is -2.21. The van der Waals surface area contributed by atoms with E-state index in [1.165, 1.54) is 12.1 Å². The van der Waals surface area contributed by atoms with E-state index in [0.717, 1.165) is 16.8 Å². The predicted octanol–water partition coefficient (Wildman–Crippen LogP) is 4.68. The minimum atomic E-state index is -0.530. The van der Waals surface area contributed by atoms with Gasteiger partial charge in [0.2, 0.25) is 5.88 Å². The van der Waals surface area contributed by atoms with Crippen molar-refractivity contribution in [2.75, 3.05) is 11.9 Å². The van der Waals surface area contributed by atoms with Crippen LogP contribution in [0.15, 0.2) is 53.0 Å². The molecule has 1 amide bonds. The molecule has 1 aromatic heterocycles. The number of carbonyl (C=O) groups excluding carboxylic acids is 1. The van der Waals surface area contributed by atoms with Crippen LogP contribution in [0.5, 0.6) is 5.88 Å². The van der Waals surface area contributed by atoms with Crippen molar-refractivity contribution in [2.24, 2.45) is 0 Å². The van der Waals surface area contributed by atoms with Gasteiger partial charge < -0.3 is 10.1 Å². The third-order valence-corrected chi connectivity index (χ3v) is 4.19. The first-order valence-corrected chi connectivity index (χ1v) is 9.00. The number of aryl methyl sites for hydroxylation is 2. The molecule has 3 rings (SSSR count). The molecule has 0 saturated heterocycles. The molecule has 0 fully saturated rings. The zero-order chi connectivity index (χ0) is 19.4. The van der Waals surface area contributed by atoms with E-state index in [9.17, 15) is 9.18 Å². The van der Waals surface area contributed by atoms with Gasteiger partial charge >= 0.3 is 0 Å². The van der Waals surface area contributed by atoms with Gasteiger partial charge in [-0.2, -0.15) is 4.98 Å². The Hall–Kier alpha value is -2.80. The van der Waals surface area contributed by atoms with Crippen molar-refractivity contribution in [2.45, 2.75) is 13.8 Å². The number of nitrogens with one attached hydrogen (secondary N) is 1. The van der Waals surface area contributed by atoms with Gasteiger partial charge in [0, 0.05) is 21.8 Å². The number of carbonyl (C=O) groups is 1. The van der Waals surface area contributed by atoms with Crippen molar-refractivity contribution in [3.05, 3.63) is 70.1 Å². The van der Waals surface area contributed by atoms with Crippen LogP contribution >= 0.6 is 15.9 Å². The van der Waals surface area contributed by atoms with Crippen molar-refractivity contribution in [1.82, 2.24) is 9.97 Å². The maximum Gasteiger partial charge on any atom is 0.262 e. The third kappa shape index (κ3) is 5.10. The quantitative estimate of drug-likeness (QED) is 0.639. The summed E-state index contributed by atoms with van der Waals surface area (Å²) < 4.78 is 19.9. The molecule has 0 bridgehead atoms. The lowest BCUT2D eigenvalue weighted by atomic mass is 10.1. The Morgan fingerprint density at radius 1 is 1.11 bits per heavy atom. The highest BCUT2D eigenvalue weighted by atomic mass is 79.9. The van der Waals surface area contributed by atoms with Crippen molar-refractivity contribution >= 4 is 27.5 Å². The number of anilines is 1. The zero-order valence-corrected chi connectivity index (χ0v) is 16.4. The largest absolute Gasteiger partial charge is 0.467 e. The molecule has 0 aliphatic heterocycles. The molecule has 27 heavy (non-hydrogen) atoms. The standard InChI is InChI=1S/C20H17BrFN3O2/c1-12-3-5-14(6-4-12)20-23-13(2)9-19(25-20)27-11-18(26)24-17-8-7-15(21)10-16(17)22/h3-10H,11H2,1-2H3,(H,24,26). The topological polar surface area (TPSA) is 64.1 Å². The molecule has 0 aliphatic carbocycles. The smallest absolute Gasteiger partial charge is 0.262 e. The Balaban J connectivity index is 1.68. The Morgan fingerprint density at radius 2 is 1.85 bits per heavy atom. The molecule has 1 N–H and O–H groups in total. The molecule has 0 radical (unpaired) electrons. The first kappa shape index (κ1) is 19.0. The van der Waals surface area contributed by atoms with E-state index in [1.807, 2.05) is 38.1 Å². The fourth-order valence-electron chi connectivity index (χ4n) is 2.36. The van der Waals surface area contributed by atoms with Gasteiger partial charge in [0.15, 0.2) is 12.4 Å². The van der Waals surface area contributed by atoms with Gasteiger partial charge in [-0.05, 0) is 32.0 Å². The van der Waals surface area contributed by atoms with E-state index in [0.29, 0.717) is 10.3 Å². The van der Waals surface area contributed by atoms with Crippen LogP contribution in [0.4, 0.5) is 10.1 Å². The number of halogens is 2. The Bertz CT molecular complexity index is 977. The van der Waals surface area contributed by atoms with E-state index in [1.54, 1.807) is 12.1 Å². The van der Waals surface area contributed by atoms with E-state index in [4.69, 9.17) is 4.74 Å². The summed E-state index contributed by atoms with van der Waals surface area (Å²) in [5.74, 6) is -0.212. The van der Waals surface area contributed by atoms with E-state index in [2.05, 4.69) is 31.2 Å². The van der Waals surface area contributed by atoms with Gasteiger partial charge in [-0.25, -0.2) is 9.37 Å². The number of benzene rings is 2. The van der Waals surface area contributed by atoms with Crippen molar-refractivity contribution in [1.29, 1.82) is 0 Å². The number of rotatable bonds is 5. The summed E-state index contributed by atoms with van der Waals surface area (Å²) in [6.45, 7) is 3.53. The molecule has 2 aromatic carbocycles. The number of hydrogen-bond acceptors (Lipinski definition) is 4. The molecule has 0 spiro atoms. The molecule has 0 saturated carbocycles. The number of nitrogens with zero attached hydrogens (tertiary/aromatic N) is 2. The van der Waals surface area contributed by atoms with Gasteiger partial charge in [-0.1, -0.05) is 45.8 Å². The molecular weight excluding hydrogens is 413 g/mol. The van der Waals surface area contributed by atoms with Gasteiger partial charge in [-0.15, -0.1) is 0 Å². The van der Waals surface area contributed by atoms with Crippen molar-refractivity contribution in [3.63, 3.8) is 0 Å². The normalized spacial score (nSPS) is 10.5. The SMILES string of the molecule is Cc1ccc(-c2nc(C)cc(OCC(=O)Nc3ccc(Br)cc3F)n2)cc1. The third-order valence-electron chi connectivity index (χ3n) is 3.70. The highest BCUT2D eigenvalue weighted by molar-refractivity contribution is 9.10. The summed E-state index contributed by atoms with van der Waals surface area (Å²) in [5.41, 5.74) is 2.80. The maximum atomic E-state index is 13.8. The summed E-state index contributed by atoms with van der Waals surface area (Å²) >= 11 is 3.17. The molecule has 0 unspecified atom stereocenters. The summed E-state index contributed by atoms with van der Waals surface area (Å²) in [7, 11) is 0. The predicted molar refractivity (Wildman–Crippen MR) is 105 cm³/mol. The summed E-state index contributed by atoms with van der Waals surface area (Å²) in [6, 6.07) is 13.8. The average molecular weight is 430 g/mol. The first-order chi connectivity index (χ1) is 12.9. The van der Waals surface area contributed by atoms with Crippen LogP contribution in [-0.2, 0) is 4.79 Å². The second kappa shape index (κ2) is 8.26. The van der Waals surface area contributed by atoms with Crippen LogP contribution in [0.25, 0.3) is 11.4 Å². The molecule has 5 nitrogen and oxygen atoms in total. The number of hydrogen-bond donors (Lipinski definition) is 1. The van der Waals surface area contributed by atoms with Crippen molar-refractivity contribution in [3.8, 4) is 17.3 Å². The van der Waals surface area contributed by atoms with Crippen LogP contribution in [0.2, 0.25) is 0 Å². The Morgan fingerprint density at radius 3 is 2.56 bits per heavy atom. The van der Waals surface area contributed by atoms with E-state index < -0.39 is 11.7 Å². The van der Waals surface area contributed by atoms with Crippen LogP contribution in [0.3, 0.4) is 0 Å². The Labute approximate surface area is 164 Å². The minimum absolute atomic E-state index is 0.0889. The fraction of sp³-hybridized carbons (Fsp3) is 0.150. The molecular formula is C20H17BrFN3O2. The molecule has 1 heterocycles. The lowest BCUT2D eigenvalue weighted by molar-refractivity contribution is -0.118. The van der Waals surface area contributed by atoms with Crippen molar-refractivity contribution < 1.29 is 13.9 Å². The highest BCUT2D eigenvalue weighted by Gasteiger charge is 2.10. The number of amides is 1. The van der Waals surface area contributed by atoms with Gasteiger partial charge in [0.25, 0.3) is 5.91 Å². The molecule has 7 heteroatoms. The Kier molecular flexibility index (Phi) is 5.81. The average Bonchev–Trinajstić information content (AvgIpc) is 2.62. The van der Waals surface area contributed by atoms with Crippen LogP contribution < -0.4 is 10.1 Å². The number of ether oxygens (including phenoxy) is 1. The second-order valence-corrected chi connectivity index (χ2v) is 6.91. The zero-order valence-electron chi connectivity index (χ0n) is 14.8. The van der Waals surface area contributed by atoms with E-state index in [-0.39, 0.29) is 18.2 Å². The van der Waals surface area contributed by atoms with Gasteiger partial charge in [0.1, 0.15) is 5.82 Å². The summed E-state index contributed by atoms with van der Waals surface area (Å²) in [5, 5.41) is 2.47. The number of aromatic nitrogens is 2. The molecule has 0 aliphatic rings. The minimum Gasteiger partial charge on any atom is -0.467 e. The summed E-state index contributed by atoms with van der Waals surface area (Å²) in [6.07, 6.45) is 0. The van der Waals surface area contributed by atoms with Crippen LogP contribution in [0, 0.1) is 19.7 Å². The monoisotopic (exact) mass is 429 g/mol. The van der Waals surface area contributed by atoms with Crippen LogP contribution in [-0.4, -0.2) is 22.5 Å². The lowest BCUT2D eigenvalue weighted by Gasteiger charge is -2.10. The molecule has 138 valence electrons. The molecule has 0 atom stereocenters. The second-order valence-electron chi connectivity index (χ2n) is 6.00. The fourth-order valence-corrected chi connectivity index (χ4v) is 2.70. The maximum absolute atomic E-state index is 13.8. The highest BCUT2D eigenvalue weighted by Crippen LogP contribution is 2.21. The van der Waals surface area contributed by atoms with Gasteiger partial charge in [0.05, 0.1) is 5.69 Å².